The number of hydrogen-bond acceptors (Lipinski definition) is 3. The van der Waals surface area contributed by atoms with E-state index in [0.29, 0.717) is 6.42 Å². The number of benzene rings is 2. The zero-order valence-electron chi connectivity index (χ0n) is 15.6. The summed E-state index contributed by atoms with van der Waals surface area (Å²) in [6.07, 6.45) is 1.45. The highest BCUT2D eigenvalue weighted by atomic mass is 19.1. The number of urea groups is 1. The van der Waals surface area contributed by atoms with Gasteiger partial charge in [0.15, 0.2) is 0 Å². The predicted molar refractivity (Wildman–Crippen MR) is 101 cm³/mol. The van der Waals surface area contributed by atoms with Crippen LogP contribution in [0.2, 0.25) is 0 Å². The molecule has 0 aliphatic carbocycles. The minimum Gasteiger partial charge on any atom is -0.326 e. The molecule has 0 aromatic heterocycles. The molecule has 3 rings (SSSR count). The van der Waals surface area contributed by atoms with Gasteiger partial charge in [0.25, 0.3) is 5.91 Å². The summed E-state index contributed by atoms with van der Waals surface area (Å²) in [5, 5.41) is 2.75. The van der Waals surface area contributed by atoms with Crippen molar-refractivity contribution in [2.45, 2.75) is 31.8 Å². The van der Waals surface area contributed by atoms with Crippen LogP contribution in [0.1, 0.15) is 36.9 Å². The zero-order valence-corrected chi connectivity index (χ0v) is 15.6. The Kier molecular flexibility index (Phi) is 5.86. The third kappa shape index (κ3) is 4.17. The second kappa shape index (κ2) is 8.31. The molecule has 1 aliphatic heterocycles. The number of imide groups is 1. The fraction of sp³-hybridized carbons (Fsp3) is 0.333. The molecule has 27 heavy (non-hydrogen) atoms. The first-order valence-corrected chi connectivity index (χ1v) is 9.13. The first-order valence-electron chi connectivity index (χ1n) is 9.13. The summed E-state index contributed by atoms with van der Waals surface area (Å²) in [5.74, 6) is -0.496. The predicted octanol–water partition coefficient (Wildman–Crippen LogP) is 3.52. The van der Waals surface area contributed by atoms with E-state index in [1.165, 1.54) is 17.0 Å². The molecule has 6 heteroatoms. The average Bonchev–Trinajstić information content (AvgIpc) is 2.92. The van der Waals surface area contributed by atoms with Gasteiger partial charge in [0.05, 0.1) is 12.7 Å². The summed E-state index contributed by atoms with van der Waals surface area (Å²) >= 11 is 0. The number of carbonyl (C=O) groups is 2. The Hall–Kier alpha value is -2.73. The number of carbonyl (C=O) groups excluding carboxylic acids is 2. The van der Waals surface area contributed by atoms with Gasteiger partial charge < -0.3 is 5.32 Å². The molecule has 1 saturated heterocycles. The van der Waals surface area contributed by atoms with Gasteiger partial charge in [-0.2, -0.15) is 0 Å². The monoisotopic (exact) mass is 369 g/mol. The van der Waals surface area contributed by atoms with Gasteiger partial charge in [-0.1, -0.05) is 55.8 Å². The van der Waals surface area contributed by atoms with Gasteiger partial charge in [0.1, 0.15) is 11.9 Å². The van der Waals surface area contributed by atoms with Crippen LogP contribution in [0, 0.1) is 5.82 Å². The third-order valence-corrected chi connectivity index (χ3v) is 4.79. The summed E-state index contributed by atoms with van der Waals surface area (Å²) in [6, 6.07) is 15.0. The summed E-state index contributed by atoms with van der Waals surface area (Å²) in [6.45, 7) is 2.13. The van der Waals surface area contributed by atoms with E-state index in [-0.39, 0.29) is 30.5 Å². The van der Waals surface area contributed by atoms with Crippen molar-refractivity contribution in [3.8, 4) is 0 Å². The number of amides is 3. The second-order valence-electron chi connectivity index (χ2n) is 6.82. The quantitative estimate of drug-likeness (QED) is 0.760. The Bertz CT molecular complexity index is 795. The van der Waals surface area contributed by atoms with Crippen molar-refractivity contribution in [1.29, 1.82) is 0 Å². The Labute approximate surface area is 158 Å². The van der Waals surface area contributed by atoms with Crippen LogP contribution in [0.3, 0.4) is 0 Å². The van der Waals surface area contributed by atoms with E-state index in [2.05, 4.69) is 5.32 Å². The lowest BCUT2D eigenvalue weighted by Crippen LogP contribution is -2.42. The normalized spacial score (nSPS) is 18.1. The van der Waals surface area contributed by atoms with Crippen LogP contribution < -0.4 is 5.32 Å². The topological polar surface area (TPSA) is 52.7 Å². The van der Waals surface area contributed by atoms with Gasteiger partial charge in [-0.25, -0.2) is 14.1 Å². The minimum atomic E-state index is -0.447. The third-order valence-electron chi connectivity index (χ3n) is 4.79. The molecule has 1 fully saturated rings. The van der Waals surface area contributed by atoms with Crippen molar-refractivity contribution in [2.75, 3.05) is 13.7 Å². The number of nitrogens with one attached hydrogen (secondary N) is 1. The van der Waals surface area contributed by atoms with Crippen LogP contribution in [0.5, 0.6) is 0 Å². The maximum Gasteiger partial charge on any atom is 0.325 e. The number of rotatable bonds is 7. The van der Waals surface area contributed by atoms with Crippen molar-refractivity contribution in [1.82, 2.24) is 15.1 Å². The van der Waals surface area contributed by atoms with E-state index >= 15 is 0 Å². The number of hydrogen-bond donors (Lipinski definition) is 1. The fourth-order valence-electron chi connectivity index (χ4n) is 3.48. The standard InChI is InChI=1S/C21H24FN3O2/c1-3-7-18-20(26)25(21(27)23-18)14-24(2)19(15-8-5-4-6-9-15)16-10-12-17(22)13-11-16/h4-6,8-13,18-19H,3,7,14H2,1-2H3,(H,23,27)/t18-,19-/m0/s1. The summed E-state index contributed by atoms with van der Waals surface area (Å²) in [5.41, 5.74) is 1.89. The zero-order chi connectivity index (χ0) is 19.4. The molecule has 1 heterocycles. The lowest BCUT2D eigenvalue weighted by atomic mass is 9.97. The van der Waals surface area contributed by atoms with Crippen LogP contribution in [0.4, 0.5) is 9.18 Å². The van der Waals surface area contributed by atoms with Crippen LogP contribution in [-0.4, -0.2) is 41.5 Å². The van der Waals surface area contributed by atoms with Crippen LogP contribution in [0.15, 0.2) is 54.6 Å². The van der Waals surface area contributed by atoms with Crippen molar-refractivity contribution in [2.24, 2.45) is 0 Å². The fourth-order valence-corrected chi connectivity index (χ4v) is 3.48. The van der Waals surface area contributed by atoms with Gasteiger partial charge in [-0.05, 0) is 36.7 Å². The summed E-state index contributed by atoms with van der Waals surface area (Å²) in [7, 11) is 1.86. The van der Waals surface area contributed by atoms with E-state index < -0.39 is 6.04 Å². The van der Waals surface area contributed by atoms with Crippen molar-refractivity contribution in [3.63, 3.8) is 0 Å². The van der Waals surface area contributed by atoms with Gasteiger partial charge in [0, 0.05) is 0 Å². The van der Waals surface area contributed by atoms with E-state index in [4.69, 9.17) is 0 Å². The second-order valence-corrected chi connectivity index (χ2v) is 6.82. The first kappa shape index (κ1) is 19.0. The highest BCUT2D eigenvalue weighted by Gasteiger charge is 2.38. The summed E-state index contributed by atoms with van der Waals surface area (Å²) in [4.78, 5) is 28.0. The molecule has 1 N–H and O–H groups in total. The van der Waals surface area contributed by atoms with Gasteiger partial charge >= 0.3 is 6.03 Å². The molecule has 2 aromatic carbocycles. The molecule has 2 aromatic rings. The minimum absolute atomic E-state index is 0.155. The largest absolute Gasteiger partial charge is 0.326 e. The maximum atomic E-state index is 13.4. The molecular formula is C21H24FN3O2. The van der Waals surface area contributed by atoms with Crippen molar-refractivity contribution >= 4 is 11.9 Å². The van der Waals surface area contributed by atoms with E-state index in [0.717, 1.165) is 17.5 Å². The molecule has 0 radical (unpaired) electrons. The Morgan fingerprint density at radius 1 is 1.07 bits per heavy atom. The molecule has 5 nitrogen and oxygen atoms in total. The highest BCUT2D eigenvalue weighted by Crippen LogP contribution is 2.28. The lowest BCUT2D eigenvalue weighted by Gasteiger charge is -2.31. The average molecular weight is 369 g/mol. The maximum absolute atomic E-state index is 13.4. The van der Waals surface area contributed by atoms with Gasteiger partial charge in [-0.3, -0.25) is 9.69 Å². The number of halogens is 1. The van der Waals surface area contributed by atoms with Gasteiger partial charge in [-0.15, -0.1) is 0 Å². The molecular weight excluding hydrogens is 345 g/mol. The van der Waals surface area contributed by atoms with E-state index in [1.807, 2.05) is 49.2 Å². The first-order chi connectivity index (χ1) is 13.0. The molecule has 142 valence electrons. The molecule has 2 atom stereocenters. The summed E-state index contributed by atoms with van der Waals surface area (Å²) < 4.78 is 13.4. The number of nitrogens with zero attached hydrogens (tertiary/aromatic N) is 2. The molecule has 0 spiro atoms. The van der Waals surface area contributed by atoms with Crippen molar-refractivity contribution < 1.29 is 14.0 Å². The van der Waals surface area contributed by atoms with Crippen LogP contribution in [0.25, 0.3) is 0 Å². The van der Waals surface area contributed by atoms with E-state index in [1.54, 1.807) is 12.1 Å². The smallest absolute Gasteiger partial charge is 0.325 e. The molecule has 3 amide bonds. The van der Waals surface area contributed by atoms with Gasteiger partial charge in [0.2, 0.25) is 0 Å². The molecule has 1 aliphatic rings. The van der Waals surface area contributed by atoms with E-state index in [9.17, 15) is 14.0 Å². The Morgan fingerprint density at radius 3 is 2.33 bits per heavy atom. The molecule has 0 saturated carbocycles. The van der Waals surface area contributed by atoms with Crippen LogP contribution >= 0.6 is 0 Å². The Balaban J connectivity index is 1.85. The lowest BCUT2D eigenvalue weighted by molar-refractivity contribution is -0.129. The molecule has 0 bridgehead atoms. The van der Waals surface area contributed by atoms with Crippen molar-refractivity contribution in [3.05, 3.63) is 71.5 Å². The highest BCUT2D eigenvalue weighted by molar-refractivity contribution is 6.04. The molecule has 0 unspecified atom stereocenters. The Morgan fingerprint density at radius 2 is 1.70 bits per heavy atom. The van der Waals surface area contributed by atoms with Crippen LogP contribution in [-0.2, 0) is 4.79 Å². The SMILES string of the molecule is CCC[C@@H]1NC(=O)N(CN(C)[C@@H](c2ccccc2)c2ccc(F)cc2)C1=O.